The molecule has 0 saturated carbocycles. The van der Waals surface area contributed by atoms with Crippen LogP contribution in [0.4, 0.5) is 0 Å². The molecule has 0 fully saturated rings. The maximum atomic E-state index is 13.0. The van der Waals surface area contributed by atoms with Crippen LogP contribution in [0.5, 0.6) is 0 Å². The van der Waals surface area contributed by atoms with Gasteiger partial charge in [0, 0.05) is 32.2 Å². The molecule has 0 atom stereocenters. The fraction of sp³-hybridized carbons (Fsp3) is 0.429. The Hall–Kier alpha value is -3.16. The van der Waals surface area contributed by atoms with Crippen LogP contribution in [0.15, 0.2) is 30.3 Å². The Balaban J connectivity index is 1.68. The molecular weight excluding hydrogens is 370 g/mol. The molecule has 2 aromatic rings. The second kappa shape index (κ2) is 9.36. The first kappa shape index (κ1) is 20.6. The van der Waals surface area contributed by atoms with Gasteiger partial charge < -0.3 is 15.5 Å². The molecule has 154 valence electrons. The minimum Gasteiger partial charge on any atom is -0.355 e. The third kappa shape index (κ3) is 5.22. The molecule has 0 spiro atoms. The van der Waals surface area contributed by atoms with Gasteiger partial charge in [-0.15, -0.1) is 0 Å². The van der Waals surface area contributed by atoms with Crippen molar-refractivity contribution in [2.24, 2.45) is 0 Å². The van der Waals surface area contributed by atoms with Crippen LogP contribution in [0, 0.1) is 6.92 Å². The Labute approximate surface area is 170 Å². The highest BCUT2D eigenvalue weighted by Crippen LogP contribution is 2.17. The lowest BCUT2D eigenvalue weighted by molar-refractivity contribution is -0.120. The highest BCUT2D eigenvalue weighted by Gasteiger charge is 2.26. The van der Waals surface area contributed by atoms with Gasteiger partial charge in [-0.1, -0.05) is 36.8 Å². The maximum absolute atomic E-state index is 13.0. The molecule has 0 aliphatic carbocycles. The molecule has 0 saturated heterocycles. The normalized spacial score (nSPS) is 13.6. The van der Waals surface area contributed by atoms with Gasteiger partial charge in [-0.05, 0) is 25.3 Å². The molecule has 29 heavy (non-hydrogen) atoms. The maximum Gasteiger partial charge on any atom is 0.272 e. The van der Waals surface area contributed by atoms with Crippen molar-refractivity contribution in [2.75, 3.05) is 19.6 Å². The number of aromatic nitrogens is 2. The summed E-state index contributed by atoms with van der Waals surface area (Å²) in [6, 6.07) is 9.59. The van der Waals surface area contributed by atoms with E-state index in [0.717, 1.165) is 24.0 Å². The Morgan fingerprint density at radius 1 is 1.17 bits per heavy atom. The predicted molar refractivity (Wildman–Crippen MR) is 108 cm³/mol. The van der Waals surface area contributed by atoms with Gasteiger partial charge in [-0.2, -0.15) is 5.10 Å². The average molecular weight is 397 g/mol. The number of aryl methyl sites for hydroxylation is 2. The van der Waals surface area contributed by atoms with Gasteiger partial charge in [0.25, 0.3) is 11.8 Å². The van der Waals surface area contributed by atoms with E-state index in [-0.39, 0.29) is 24.1 Å². The van der Waals surface area contributed by atoms with E-state index in [1.165, 1.54) is 6.07 Å². The summed E-state index contributed by atoms with van der Waals surface area (Å²) < 4.78 is 1.59. The number of benzene rings is 1. The number of hydrogen-bond acceptors (Lipinski definition) is 4. The predicted octanol–water partition coefficient (Wildman–Crippen LogP) is 1.49. The van der Waals surface area contributed by atoms with Gasteiger partial charge in [0.15, 0.2) is 5.69 Å². The zero-order valence-electron chi connectivity index (χ0n) is 16.9. The van der Waals surface area contributed by atoms with Crippen LogP contribution in [-0.4, -0.2) is 52.0 Å². The molecule has 0 radical (unpaired) electrons. The SMILES string of the molecule is CCCNC(=O)CNC(=O)c1cc2n(n1)CCCN(Cc1cccc(C)c1)C2=O. The lowest BCUT2D eigenvalue weighted by Crippen LogP contribution is -2.37. The number of carbonyl (C=O) groups excluding carboxylic acids is 3. The van der Waals surface area contributed by atoms with Gasteiger partial charge in [0.05, 0.1) is 6.54 Å². The highest BCUT2D eigenvalue weighted by molar-refractivity contribution is 5.99. The molecule has 2 heterocycles. The van der Waals surface area contributed by atoms with Gasteiger partial charge in [-0.3, -0.25) is 19.1 Å². The standard InChI is InChI=1S/C21H27N5O3/c1-3-8-22-19(27)13-23-20(28)17-12-18-21(29)25(9-5-10-26(18)24-17)14-16-7-4-6-15(2)11-16/h4,6-7,11-12H,3,5,8-10,13-14H2,1-2H3,(H,22,27)(H,23,28). The fourth-order valence-corrected chi connectivity index (χ4v) is 3.31. The Bertz CT molecular complexity index is 905. The quantitative estimate of drug-likeness (QED) is 0.740. The molecular formula is C21H27N5O3. The van der Waals surface area contributed by atoms with Crippen molar-refractivity contribution >= 4 is 17.7 Å². The third-order valence-corrected chi connectivity index (χ3v) is 4.75. The van der Waals surface area contributed by atoms with Crippen molar-refractivity contribution in [3.8, 4) is 0 Å². The van der Waals surface area contributed by atoms with Crippen LogP contribution in [0.25, 0.3) is 0 Å². The molecule has 0 bridgehead atoms. The summed E-state index contributed by atoms with van der Waals surface area (Å²) in [5.41, 5.74) is 2.77. The van der Waals surface area contributed by atoms with Crippen molar-refractivity contribution in [3.63, 3.8) is 0 Å². The van der Waals surface area contributed by atoms with Crippen molar-refractivity contribution in [3.05, 3.63) is 52.8 Å². The summed E-state index contributed by atoms with van der Waals surface area (Å²) in [7, 11) is 0. The molecule has 3 amide bonds. The summed E-state index contributed by atoms with van der Waals surface area (Å²) in [5, 5.41) is 9.53. The van der Waals surface area contributed by atoms with E-state index in [1.807, 2.05) is 32.0 Å². The van der Waals surface area contributed by atoms with Gasteiger partial charge >= 0.3 is 0 Å². The summed E-state index contributed by atoms with van der Waals surface area (Å²) in [6.45, 7) is 6.15. The molecule has 8 heteroatoms. The van der Waals surface area contributed by atoms with Crippen LogP contribution >= 0.6 is 0 Å². The molecule has 0 unspecified atom stereocenters. The van der Waals surface area contributed by atoms with Crippen molar-refractivity contribution in [2.45, 2.75) is 39.8 Å². The number of nitrogens with zero attached hydrogens (tertiary/aromatic N) is 3. The van der Waals surface area contributed by atoms with E-state index in [9.17, 15) is 14.4 Å². The first-order valence-electron chi connectivity index (χ1n) is 9.95. The first-order chi connectivity index (χ1) is 14.0. The van der Waals surface area contributed by atoms with E-state index >= 15 is 0 Å². The molecule has 2 N–H and O–H groups in total. The monoisotopic (exact) mass is 397 g/mol. The van der Waals surface area contributed by atoms with Crippen LogP contribution in [0.3, 0.4) is 0 Å². The molecule has 8 nitrogen and oxygen atoms in total. The average Bonchev–Trinajstić information content (AvgIpc) is 3.07. The lowest BCUT2D eigenvalue weighted by atomic mass is 10.1. The Kier molecular flexibility index (Phi) is 6.64. The number of amides is 3. The number of nitrogens with one attached hydrogen (secondary N) is 2. The van der Waals surface area contributed by atoms with E-state index in [2.05, 4.69) is 21.8 Å². The highest BCUT2D eigenvalue weighted by atomic mass is 16.2. The third-order valence-electron chi connectivity index (χ3n) is 4.75. The van der Waals surface area contributed by atoms with Crippen molar-refractivity contribution in [1.29, 1.82) is 0 Å². The van der Waals surface area contributed by atoms with Gasteiger partial charge in [0.1, 0.15) is 5.69 Å². The van der Waals surface area contributed by atoms with Crippen LogP contribution in [-0.2, 0) is 17.9 Å². The lowest BCUT2D eigenvalue weighted by Gasteiger charge is -2.20. The molecule has 1 aromatic carbocycles. The number of fused-ring (bicyclic) bond motifs is 1. The first-order valence-corrected chi connectivity index (χ1v) is 9.95. The van der Waals surface area contributed by atoms with Crippen LogP contribution in [0.1, 0.15) is 51.9 Å². The van der Waals surface area contributed by atoms with Gasteiger partial charge in [-0.25, -0.2) is 0 Å². The van der Waals surface area contributed by atoms with Crippen LogP contribution < -0.4 is 10.6 Å². The molecule has 1 aliphatic heterocycles. The zero-order chi connectivity index (χ0) is 20.8. The molecule has 1 aromatic heterocycles. The largest absolute Gasteiger partial charge is 0.355 e. The Morgan fingerprint density at radius 2 is 2.00 bits per heavy atom. The van der Waals surface area contributed by atoms with E-state index in [0.29, 0.717) is 31.9 Å². The Morgan fingerprint density at radius 3 is 2.76 bits per heavy atom. The summed E-state index contributed by atoms with van der Waals surface area (Å²) in [4.78, 5) is 38.8. The molecule has 1 aliphatic rings. The van der Waals surface area contributed by atoms with Gasteiger partial charge in [0.2, 0.25) is 5.91 Å². The minimum atomic E-state index is -0.463. The number of rotatable bonds is 7. The second-order valence-electron chi connectivity index (χ2n) is 7.24. The minimum absolute atomic E-state index is 0.117. The number of carbonyl (C=O) groups is 3. The zero-order valence-corrected chi connectivity index (χ0v) is 16.9. The van der Waals surface area contributed by atoms with Crippen LogP contribution in [0.2, 0.25) is 0 Å². The van der Waals surface area contributed by atoms with Crippen molar-refractivity contribution in [1.82, 2.24) is 25.3 Å². The fourth-order valence-electron chi connectivity index (χ4n) is 3.31. The second-order valence-corrected chi connectivity index (χ2v) is 7.24. The van der Waals surface area contributed by atoms with E-state index < -0.39 is 5.91 Å². The molecule has 3 rings (SSSR count). The van der Waals surface area contributed by atoms with E-state index in [4.69, 9.17) is 0 Å². The number of hydrogen-bond donors (Lipinski definition) is 2. The van der Waals surface area contributed by atoms with Crippen molar-refractivity contribution < 1.29 is 14.4 Å². The summed E-state index contributed by atoms with van der Waals surface area (Å²) in [5.74, 6) is -0.854. The smallest absolute Gasteiger partial charge is 0.272 e. The summed E-state index contributed by atoms with van der Waals surface area (Å²) in [6.07, 6.45) is 1.58. The topological polar surface area (TPSA) is 96.3 Å². The van der Waals surface area contributed by atoms with E-state index in [1.54, 1.807) is 9.58 Å². The summed E-state index contributed by atoms with van der Waals surface area (Å²) >= 11 is 0.